The molecular weight excluding hydrogens is 266 g/mol. The third kappa shape index (κ3) is 3.98. The SMILES string of the molecule is Cc1n[nH]c(=O)nc1N/N=C\c1ccc(C(C)(C)C)cc1. The van der Waals surface area contributed by atoms with E-state index in [1.807, 2.05) is 12.1 Å². The normalized spacial score (nSPS) is 11.8. The van der Waals surface area contributed by atoms with Crippen molar-refractivity contribution in [1.82, 2.24) is 15.2 Å². The Bertz CT molecular complexity index is 695. The predicted molar refractivity (Wildman–Crippen MR) is 83.7 cm³/mol. The van der Waals surface area contributed by atoms with Crippen molar-refractivity contribution in [3.05, 3.63) is 51.6 Å². The number of rotatable bonds is 3. The molecule has 0 unspecified atom stereocenters. The number of aromatic amines is 1. The van der Waals surface area contributed by atoms with Gasteiger partial charge in [-0.05, 0) is 23.5 Å². The second-order valence-corrected chi connectivity index (χ2v) is 5.82. The van der Waals surface area contributed by atoms with Crippen LogP contribution in [0.15, 0.2) is 34.2 Å². The van der Waals surface area contributed by atoms with Gasteiger partial charge in [0.1, 0.15) is 5.69 Å². The summed E-state index contributed by atoms with van der Waals surface area (Å²) in [5.74, 6) is 0.348. The largest absolute Gasteiger partial charge is 0.363 e. The molecule has 6 nitrogen and oxygen atoms in total. The van der Waals surface area contributed by atoms with E-state index in [2.05, 4.69) is 58.6 Å². The fourth-order valence-electron chi connectivity index (χ4n) is 1.74. The van der Waals surface area contributed by atoms with Gasteiger partial charge in [0.05, 0.1) is 6.21 Å². The summed E-state index contributed by atoms with van der Waals surface area (Å²) < 4.78 is 0. The van der Waals surface area contributed by atoms with E-state index in [1.165, 1.54) is 5.56 Å². The van der Waals surface area contributed by atoms with Crippen LogP contribution in [0.5, 0.6) is 0 Å². The Hall–Kier alpha value is -2.50. The van der Waals surface area contributed by atoms with Crippen LogP contribution in [-0.2, 0) is 5.41 Å². The van der Waals surface area contributed by atoms with E-state index in [0.29, 0.717) is 11.5 Å². The van der Waals surface area contributed by atoms with Crippen LogP contribution in [0.1, 0.15) is 37.6 Å². The van der Waals surface area contributed by atoms with E-state index >= 15 is 0 Å². The van der Waals surface area contributed by atoms with Gasteiger partial charge in [0.25, 0.3) is 0 Å². The second kappa shape index (κ2) is 5.87. The van der Waals surface area contributed by atoms with Gasteiger partial charge in [0, 0.05) is 0 Å². The number of nitrogens with zero attached hydrogens (tertiary/aromatic N) is 3. The van der Waals surface area contributed by atoms with E-state index < -0.39 is 5.69 Å². The van der Waals surface area contributed by atoms with Crippen molar-refractivity contribution in [2.24, 2.45) is 5.10 Å². The van der Waals surface area contributed by atoms with Crippen molar-refractivity contribution < 1.29 is 0 Å². The van der Waals surface area contributed by atoms with Crippen molar-refractivity contribution in [2.45, 2.75) is 33.1 Å². The average Bonchev–Trinajstić information content (AvgIpc) is 2.42. The van der Waals surface area contributed by atoms with E-state index in [0.717, 1.165) is 5.56 Å². The summed E-state index contributed by atoms with van der Waals surface area (Å²) in [7, 11) is 0. The zero-order valence-corrected chi connectivity index (χ0v) is 12.6. The first-order valence-electron chi connectivity index (χ1n) is 6.69. The first-order chi connectivity index (χ1) is 9.86. The molecule has 0 bridgehead atoms. The highest BCUT2D eigenvalue weighted by Gasteiger charge is 2.12. The number of hydrazone groups is 1. The van der Waals surface area contributed by atoms with Crippen LogP contribution in [0, 0.1) is 6.92 Å². The number of hydrogen-bond donors (Lipinski definition) is 2. The van der Waals surface area contributed by atoms with E-state index in [-0.39, 0.29) is 5.41 Å². The molecule has 2 rings (SSSR count). The van der Waals surface area contributed by atoms with Gasteiger partial charge in [0.2, 0.25) is 0 Å². The average molecular weight is 285 g/mol. The van der Waals surface area contributed by atoms with E-state index in [4.69, 9.17) is 0 Å². The number of anilines is 1. The third-order valence-corrected chi connectivity index (χ3v) is 3.04. The monoisotopic (exact) mass is 285 g/mol. The molecule has 6 heteroatoms. The minimum absolute atomic E-state index is 0.131. The van der Waals surface area contributed by atoms with Crippen LogP contribution in [0.3, 0.4) is 0 Å². The first kappa shape index (κ1) is 14.9. The van der Waals surface area contributed by atoms with Gasteiger partial charge in [-0.15, -0.1) is 0 Å². The van der Waals surface area contributed by atoms with Gasteiger partial charge in [0.15, 0.2) is 5.82 Å². The van der Waals surface area contributed by atoms with Gasteiger partial charge in [-0.2, -0.15) is 15.2 Å². The van der Waals surface area contributed by atoms with Gasteiger partial charge in [-0.25, -0.2) is 9.89 Å². The smallest absolute Gasteiger partial charge is 0.260 e. The second-order valence-electron chi connectivity index (χ2n) is 5.82. The standard InChI is InChI=1S/C15H19N5O/c1-10-13(17-14(21)20-18-10)19-16-9-11-5-7-12(8-6-11)15(2,3)4/h5-9H,1-4H3,(H2,17,19,20,21)/b16-9-. The number of aryl methyl sites for hydroxylation is 1. The molecule has 0 amide bonds. The number of nitrogens with one attached hydrogen (secondary N) is 2. The Morgan fingerprint density at radius 3 is 2.52 bits per heavy atom. The Kier molecular flexibility index (Phi) is 4.16. The molecule has 1 heterocycles. The molecule has 110 valence electrons. The summed E-state index contributed by atoms with van der Waals surface area (Å²) in [6.07, 6.45) is 1.68. The molecule has 1 aromatic carbocycles. The quantitative estimate of drug-likeness (QED) is 0.669. The van der Waals surface area contributed by atoms with Crippen molar-refractivity contribution in [2.75, 3.05) is 5.43 Å². The minimum Gasteiger partial charge on any atom is -0.260 e. The molecule has 0 spiro atoms. The van der Waals surface area contributed by atoms with Gasteiger partial charge in [-0.1, -0.05) is 45.0 Å². The molecular formula is C15H19N5O. The molecule has 0 atom stereocenters. The van der Waals surface area contributed by atoms with Crippen LogP contribution in [-0.4, -0.2) is 21.4 Å². The van der Waals surface area contributed by atoms with E-state index in [1.54, 1.807) is 13.1 Å². The Morgan fingerprint density at radius 1 is 1.24 bits per heavy atom. The zero-order chi connectivity index (χ0) is 15.5. The van der Waals surface area contributed by atoms with Crippen LogP contribution >= 0.6 is 0 Å². The molecule has 21 heavy (non-hydrogen) atoms. The number of benzene rings is 1. The summed E-state index contributed by atoms with van der Waals surface area (Å²) in [5.41, 5.74) is 5.16. The summed E-state index contributed by atoms with van der Waals surface area (Å²) >= 11 is 0. The summed E-state index contributed by atoms with van der Waals surface area (Å²) in [6, 6.07) is 8.17. The lowest BCUT2D eigenvalue weighted by molar-refractivity contribution is 0.590. The van der Waals surface area contributed by atoms with Gasteiger partial charge < -0.3 is 0 Å². The lowest BCUT2D eigenvalue weighted by Crippen LogP contribution is -2.15. The van der Waals surface area contributed by atoms with Crippen LogP contribution in [0.25, 0.3) is 0 Å². The van der Waals surface area contributed by atoms with E-state index in [9.17, 15) is 4.79 Å². The van der Waals surface area contributed by atoms with Gasteiger partial charge >= 0.3 is 5.69 Å². The summed E-state index contributed by atoms with van der Waals surface area (Å²) in [5, 5.41) is 10.1. The van der Waals surface area contributed by atoms with Crippen LogP contribution in [0.2, 0.25) is 0 Å². The highest BCUT2D eigenvalue weighted by atomic mass is 16.1. The molecule has 0 aliphatic carbocycles. The molecule has 0 radical (unpaired) electrons. The molecule has 2 N–H and O–H groups in total. The van der Waals surface area contributed by atoms with Crippen molar-refractivity contribution in [1.29, 1.82) is 0 Å². The Balaban J connectivity index is 2.08. The highest BCUT2D eigenvalue weighted by molar-refractivity contribution is 5.80. The number of aromatic nitrogens is 3. The zero-order valence-electron chi connectivity index (χ0n) is 12.6. The van der Waals surface area contributed by atoms with Gasteiger partial charge in [-0.3, -0.25) is 5.43 Å². The first-order valence-corrected chi connectivity index (χ1v) is 6.69. The summed E-state index contributed by atoms with van der Waals surface area (Å²) in [6.45, 7) is 8.25. The molecule has 0 fully saturated rings. The number of H-pyrrole nitrogens is 1. The topological polar surface area (TPSA) is 83.0 Å². The fraction of sp³-hybridized carbons (Fsp3) is 0.333. The molecule has 0 saturated carbocycles. The molecule has 0 aliphatic heterocycles. The molecule has 0 aliphatic rings. The van der Waals surface area contributed by atoms with Crippen LogP contribution < -0.4 is 11.1 Å². The lowest BCUT2D eigenvalue weighted by atomic mass is 9.87. The maximum absolute atomic E-state index is 11.1. The van der Waals surface area contributed by atoms with Crippen molar-refractivity contribution in [3.63, 3.8) is 0 Å². The maximum Gasteiger partial charge on any atom is 0.363 e. The Labute approximate surface area is 123 Å². The minimum atomic E-state index is -0.507. The molecule has 0 saturated heterocycles. The predicted octanol–water partition coefficient (Wildman–Crippen LogP) is 2.22. The summed E-state index contributed by atoms with van der Waals surface area (Å²) in [4.78, 5) is 14.8. The Morgan fingerprint density at radius 2 is 1.90 bits per heavy atom. The highest BCUT2D eigenvalue weighted by Crippen LogP contribution is 2.21. The van der Waals surface area contributed by atoms with Crippen molar-refractivity contribution >= 4 is 12.0 Å². The molecule has 1 aromatic heterocycles. The fourth-order valence-corrected chi connectivity index (χ4v) is 1.74. The third-order valence-electron chi connectivity index (χ3n) is 3.04. The van der Waals surface area contributed by atoms with Crippen molar-refractivity contribution in [3.8, 4) is 0 Å². The number of hydrogen-bond acceptors (Lipinski definition) is 5. The molecule has 2 aromatic rings. The van der Waals surface area contributed by atoms with Crippen LogP contribution in [0.4, 0.5) is 5.82 Å². The lowest BCUT2D eigenvalue weighted by Gasteiger charge is -2.18. The maximum atomic E-state index is 11.1.